The van der Waals surface area contributed by atoms with E-state index in [1.807, 2.05) is 49.4 Å². The largest absolute Gasteiger partial charge is 0.508 e. The van der Waals surface area contributed by atoms with Crippen LogP contribution in [0.5, 0.6) is 5.75 Å². The summed E-state index contributed by atoms with van der Waals surface area (Å²) in [5.41, 5.74) is 1.73. The SMILES string of the molecule is CCC(NCC(O)c1ccccc1)c1cc(Br)ccc1O. The van der Waals surface area contributed by atoms with E-state index in [0.717, 1.165) is 22.0 Å². The monoisotopic (exact) mass is 349 g/mol. The molecule has 21 heavy (non-hydrogen) atoms. The molecule has 0 aliphatic carbocycles. The van der Waals surface area contributed by atoms with Crippen molar-refractivity contribution in [2.24, 2.45) is 0 Å². The molecule has 2 aromatic carbocycles. The first-order valence-corrected chi connectivity index (χ1v) is 7.86. The quantitative estimate of drug-likeness (QED) is 0.740. The van der Waals surface area contributed by atoms with E-state index in [4.69, 9.17) is 0 Å². The lowest BCUT2D eigenvalue weighted by atomic mass is 10.0. The fourth-order valence-electron chi connectivity index (χ4n) is 2.33. The maximum absolute atomic E-state index is 10.2. The molecule has 0 saturated carbocycles. The molecule has 0 spiro atoms. The fraction of sp³-hybridized carbons (Fsp3) is 0.294. The number of aliphatic hydroxyl groups excluding tert-OH is 1. The second-order valence-electron chi connectivity index (χ2n) is 5.00. The molecule has 2 aromatic rings. The van der Waals surface area contributed by atoms with Crippen LogP contribution in [0.1, 0.15) is 36.6 Å². The van der Waals surface area contributed by atoms with Crippen LogP contribution < -0.4 is 5.32 Å². The van der Waals surface area contributed by atoms with Gasteiger partial charge in [0.25, 0.3) is 0 Å². The van der Waals surface area contributed by atoms with Crippen LogP contribution in [-0.4, -0.2) is 16.8 Å². The first-order chi connectivity index (χ1) is 10.1. The summed E-state index contributed by atoms with van der Waals surface area (Å²) in [6.07, 6.45) is 0.264. The molecule has 0 amide bonds. The van der Waals surface area contributed by atoms with Gasteiger partial charge in [-0.3, -0.25) is 0 Å². The molecule has 0 aliphatic heterocycles. The van der Waals surface area contributed by atoms with Crippen molar-refractivity contribution in [2.45, 2.75) is 25.5 Å². The standard InChI is InChI=1S/C17H20BrNO2/c1-2-15(14-10-13(18)8-9-16(14)20)19-11-17(21)12-6-4-3-5-7-12/h3-10,15,17,19-21H,2,11H2,1H3. The summed E-state index contributed by atoms with van der Waals surface area (Å²) in [5.74, 6) is 0.270. The molecular weight excluding hydrogens is 330 g/mol. The summed E-state index contributed by atoms with van der Waals surface area (Å²) in [6, 6.07) is 15.0. The average Bonchev–Trinajstić information content (AvgIpc) is 2.51. The van der Waals surface area contributed by atoms with Crippen molar-refractivity contribution in [1.82, 2.24) is 5.32 Å². The minimum absolute atomic E-state index is 0.000798. The Hall–Kier alpha value is -1.36. The Morgan fingerprint density at radius 3 is 2.52 bits per heavy atom. The zero-order valence-electron chi connectivity index (χ0n) is 12.0. The van der Waals surface area contributed by atoms with E-state index < -0.39 is 6.10 Å². The maximum atomic E-state index is 10.2. The van der Waals surface area contributed by atoms with Crippen molar-refractivity contribution in [3.8, 4) is 5.75 Å². The minimum atomic E-state index is -0.561. The zero-order valence-corrected chi connectivity index (χ0v) is 13.5. The third-order valence-corrected chi connectivity index (χ3v) is 4.01. The van der Waals surface area contributed by atoms with E-state index in [1.165, 1.54) is 0 Å². The molecule has 0 saturated heterocycles. The molecule has 0 heterocycles. The van der Waals surface area contributed by atoms with Gasteiger partial charge in [-0.15, -0.1) is 0 Å². The second kappa shape index (κ2) is 7.59. The highest BCUT2D eigenvalue weighted by atomic mass is 79.9. The first-order valence-electron chi connectivity index (χ1n) is 7.06. The van der Waals surface area contributed by atoms with E-state index >= 15 is 0 Å². The number of halogens is 1. The van der Waals surface area contributed by atoms with Crippen LogP contribution in [0.4, 0.5) is 0 Å². The van der Waals surface area contributed by atoms with E-state index in [1.54, 1.807) is 6.07 Å². The van der Waals surface area contributed by atoms with Gasteiger partial charge in [-0.25, -0.2) is 0 Å². The minimum Gasteiger partial charge on any atom is -0.508 e. The Morgan fingerprint density at radius 1 is 1.14 bits per heavy atom. The predicted molar refractivity (Wildman–Crippen MR) is 88.2 cm³/mol. The van der Waals surface area contributed by atoms with Crippen LogP contribution >= 0.6 is 15.9 Å². The Kier molecular flexibility index (Phi) is 5.79. The molecule has 0 aliphatic rings. The number of rotatable bonds is 6. The van der Waals surface area contributed by atoms with Crippen molar-refractivity contribution < 1.29 is 10.2 Å². The van der Waals surface area contributed by atoms with Gasteiger partial charge < -0.3 is 15.5 Å². The van der Waals surface area contributed by atoms with E-state index in [2.05, 4.69) is 21.2 Å². The lowest BCUT2D eigenvalue weighted by Gasteiger charge is -2.21. The number of phenols is 1. The number of hydrogen-bond acceptors (Lipinski definition) is 3. The van der Waals surface area contributed by atoms with Crippen LogP contribution in [0.2, 0.25) is 0 Å². The third-order valence-electron chi connectivity index (χ3n) is 3.52. The molecule has 112 valence electrons. The van der Waals surface area contributed by atoms with E-state index in [9.17, 15) is 10.2 Å². The molecule has 0 aromatic heterocycles. The Balaban J connectivity index is 2.04. The molecule has 0 radical (unpaired) electrons. The third kappa shape index (κ3) is 4.30. The Bertz CT molecular complexity index is 574. The molecule has 0 fully saturated rings. The summed E-state index contributed by atoms with van der Waals surface area (Å²) in [6.45, 7) is 2.49. The molecule has 3 nitrogen and oxygen atoms in total. The van der Waals surface area contributed by atoms with Gasteiger partial charge in [-0.05, 0) is 30.2 Å². The number of aromatic hydroxyl groups is 1. The summed E-state index contributed by atoms with van der Waals surface area (Å²) in [5, 5.41) is 23.5. The molecule has 2 atom stereocenters. The number of hydrogen-bond donors (Lipinski definition) is 3. The molecule has 2 unspecified atom stereocenters. The number of nitrogens with one attached hydrogen (secondary N) is 1. The van der Waals surface area contributed by atoms with Gasteiger partial charge in [0, 0.05) is 22.6 Å². The maximum Gasteiger partial charge on any atom is 0.120 e. The lowest BCUT2D eigenvalue weighted by molar-refractivity contribution is 0.169. The van der Waals surface area contributed by atoms with Crippen LogP contribution in [0, 0.1) is 0 Å². The second-order valence-corrected chi connectivity index (χ2v) is 5.91. The van der Waals surface area contributed by atoms with Gasteiger partial charge >= 0.3 is 0 Å². The van der Waals surface area contributed by atoms with Crippen LogP contribution in [0.15, 0.2) is 53.0 Å². The van der Waals surface area contributed by atoms with Gasteiger partial charge in [0.2, 0.25) is 0 Å². The van der Waals surface area contributed by atoms with Gasteiger partial charge in [0.1, 0.15) is 5.75 Å². The molecule has 2 rings (SSSR count). The van der Waals surface area contributed by atoms with Crippen molar-refractivity contribution in [3.63, 3.8) is 0 Å². The fourth-order valence-corrected chi connectivity index (χ4v) is 2.70. The molecule has 4 heteroatoms. The Labute approximate surface area is 133 Å². The van der Waals surface area contributed by atoms with Crippen molar-refractivity contribution in [3.05, 3.63) is 64.1 Å². The lowest BCUT2D eigenvalue weighted by Crippen LogP contribution is -2.26. The Morgan fingerprint density at radius 2 is 1.86 bits per heavy atom. The first kappa shape index (κ1) is 16.0. The van der Waals surface area contributed by atoms with Gasteiger partial charge in [-0.2, -0.15) is 0 Å². The number of aliphatic hydroxyl groups is 1. The highest BCUT2D eigenvalue weighted by Crippen LogP contribution is 2.29. The smallest absolute Gasteiger partial charge is 0.120 e. The predicted octanol–water partition coefficient (Wildman–Crippen LogP) is 3.93. The molecule has 0 bridgehead atoms. The van der Waals surface area contributed by atoms with Crippen LogP contribution in [0.25, 0.3) is 0 Å². The highest BCUT2D eigenvalue weighted by molar-refractivity contribution is 9.10. The van der Waals surface area contributed by atoms with E-state index in [-0.39, 0.29) is 11.8 Å². The summed E-state index contributed by atoms with van der Waals surface area (Å²) in [4.78, 5) is 0. The summed E-state index contributed by atoms with van der Waals surface area (Å²) >= 11 is 3.42. The van der Waals surface area contributed by atoms with Crippen LogP contribution in [0.3, 0.4) is 0 Å². The zero-order chi connectivity index (χ0) is 15.2. The van der Waals surface area contributed by atoms with Crippen molar-refractivity contribution >= 4 is 15.9 Å². The molecule has 3 N–H and O–H groups in total. The van der Waals surface area contributed by atoms with E-state index in [0.29, 0.717) is 6.54 Å². The van der Waals surface area contributed by atoms with Crippen molar-refractivity contribution in [2.75, 3.05) is 6.54 Å². The highest BCUT2D eigenvalue weighted by Gasteiger charge is 2.16. The van der Waals surface area contributed by atoms with Crippen molar-refractivity contribution in [1.29, 1.82) is 0 Å². The van der Waals surface area contributed by atoms with Gasteiger partial charge in [0.05, 0.1) is 6.10 Å². The van der Waals surface area contributed by atoms with Gasteiger partial charge in [-0.1, -0.05) is 53.2 Å². The molecular formula is C17H20BrNO2. The topological polar surface area (TPSA) is 52.5 Å². The number of benzene rings is 2. The summed E-state index contributed by atoms with van der Waals surface area (Å²) < 4.78 is 0.930. The van der Waals surface area contributed by atoms with Crippen LogP contribution in [-0.2, 0) is 0 Å². The summed E-state index contributed by atoms with van der Waals surface area (Å²) in [7, 11) is 0. The van der Waals surface area contributed by atoms with Gasteiger partial charge in [0.15, 0.2) is 0 Å². The average molecular weight is 350 g/mol. The number of phenolic OH excluding ortho intramolecular Hbond substituents is 1. The normalized spacial score (nSPS) is 13.9.